The van der Waals surface area contributed by atoms with E-state index in [9.17, 15) is 47.9 Å². The van der Waals surface area contributed by atoms with Gasteiger partial charge in [-0.2, -0.15) is 35.3 Å². The summed E-state index contributed by atoms with van der Waals surface area (Å²) in [6.07, 6.45) is -7.57. The average molecular weight is 1470 g/mol. The van der Waals surface area contributed by atoms with Gasteiger partial charge >= 0.3 is 47.8 Å². The van der Waals surface area contributed by atoms with E-state index in [1.807, 2.05) is 33.1 Å². The van der Waals surface area contributed by atoms with Gasteiger partial charge in [0.25, 0.3) is 11.8 Å². The molecule has 0 radical (unpaired) electrons. The molecule has 3 amide bonds. The van der Waals surface area contributed by atoms with E-state index in [2.05, 4.69) is 43.6 Å². The fourth-order valence-corrected chi connectivity index (χ4v) is 19.1. The van der Waals surface area contributed by atoms with Crippen molar-refractivity contribution in [3.8, 4) is 0 Å². The smallest absolute Gasteiger partial charge is 0.328 e. The molecule has 30 heteroatoms. The number of amides is 3. The maximum atomic E-state index is 15.8. The van der Waals surface area contributed by atoms with Gasteiger partial charge in [-0.05, 0) is 158 Å². The summed E-state index contributed by atoms with van der Waals surface area (Å²) >= 11 is 4.30. The number of ketones is 1. The third kappa shape index (κ3) is 17.1. The zero-order chi connectivity index (χ0) is 74.4. The predicted octanol–water partition coefficient (Wildman–Crippen LogP) is 6.08. The van der Waals surface area contributed by atoms with E-state index in [1.165, 1.54) is 30.6 Å². The first-order valence-electron chi connectivity index (χ1n) is 34.2. The standard InChI is InChI=1S/C70H105N3O24S3/c1-35(74)89-48-50(91-37(3)76)54(93-39(5)78)63(96-53(48)58(81)72-43(22-31-99-17)60(83)87-14)97-55-51(92-38(4)77)49(90-36(2)75)52(57(80)71-42(21-30-98-16)59(82)86-13)95-62(55)94-47-20-24-68(10)46(65(47,6)7)19-25-70(12)56(68)45(79)33-40-41-34-67(9,27-26-66(41,8)28-29-69(40,70)11)64(85)73-44(23-32-100-18)61(84)88-15/h33,41-44,46-56,62-63H,19-32,34H2,1-18H3,(H,71,80)(H,72,81)(H,73,85). The molecule has 6 fully saturated rings. The third-order valence-corrected chi connectivity index (χ3v) is 24.8. The van der Waals surface area contributed by atoms with Gasteiger partial charge in [0.1, 0.15) is 18.1 Å². The molecule has 0 aromatic carbocycles. The molecule has 5 aliphatic carbocycles. The fourth-order valence-electron chi connectivity index (χ4n) is 17.7. The number of carbonyl (C=O) groups is 12. The summed E-state index contributed by atoms with van der Waals surface area (Å²) in [6.45, 7) is 20.0. The molecule has 2 heterocycles. The summed E-state index contributed by atoms with van der Waals surface area (Å²) in [6, 6.07) is -3.40. The predicted molar refractivity (Wildman–Crippen MR) is 365 cm³/mol. The molecule has 2 aliphatic heterocycles. The van der Waals surface area contributed by atoms with Crippen LogP contribution in [0.5, 0.6) is 0 Å². The van der Waals surface area contributed by atoms with Crippen LogP contribution in [0.1, 0.15) is 160 Å². The zero-order valence-electron chi connectivity index (χ0n) is 61.0. The normalized spacial score (nSPS) is 35.8. The summed E-state index contributed by atoms with van der Waals surface area (Å²) < 4.78 is 71.8. The summed E-state index contributed by atoms with van der Waals surface area (Å²) in [7, 11) is 3.56. The van der Waals surface area contributed by atoms with Gasteiger partial charge in [-0.3, -0.25) is 43.2 Å². The van der Waals surface area contributed by atoms with Gasteiger partial charge in [0.2, 0.25) is 5.91 Å². The van der Waals surface area contributed by atoms with Crippen LogP contribution >= 0.6 is 35.3 Å². The van der Waals surface area contributed by atoms with Crippen LogP contribution in [0.15, 0.2) is 11.6 Å². The van der Waals surface area contributed by atoms with E-state index >= 15 is 9.59 Å². The maximum absolute atomic E-state index is 15.8. The summed E-state index contributed by atoms with van der Waals surface area (Å²) in [4.78, 5) is 166. The van der Waals surface area contributed by atoms with E-state index in [0.29, 0.717) is 55.8 Å². The highest BCUT2D eigenvalue weighted by molar-refractivity contribution is 7.99. The van der Waals surface area contributed by atoms with Crippen LogP contribution in [0.3, 0.4) is 0 Å². The minimum atomic E-state index is -2.17. The Balaban J connectivity index is 1.33. The molecule has 3 N–H and O–H groups in total. The molecule has 0 aromatic heterocycles. The van der Waals surface area contributed by atoms with Crippen molar-refractivity contribution in [3.05, 3.63) is 11.6 Å². The van der Waals surface area contributed by atoms with Gasteiger partial charge in [0, 0.05) is 46.0 Å². The molecular formula is C70H105N3O24S3. The topological polar surface area (TPSA) is 352 Å². The molecule has 27 nitrogen and oxygen atoms in total. The second-order valence-electron chi connectivity index (χ2n) is 29.6. The number of hydrogen-bond donors (Lipinski definition) is 3. The number of ether oxygens (including phenoxy) is 12. The number of rotatable bonds is 27. The van der Waals surface area contributed by atoms with Crippen LogP contribution in [-0.4, -0.2) is 214 Å². The Morgan fingerprint density at radius 1 is 0.520 bits per heavy atom. The number of thioether (sulfide) groups is 3. The quantitative estimate of drug-likeness (QED) is 0.0476. The second-order valence-corrected chi connectivity index (χ2v) is 32.6. The Bertz CT molecular complexity index is 3120. The Labute approximate surface area is 599 Å². The SMILES string of the molecule is COC(=O)C(CCSC)NC(=O)C1OC(OC2C(OC3CCC4(C)C(CCC5(C)C4C(=O)C=C4C6CC(C)(C(=O)NC(CCSC)C(=O)OC)CCC6(C)CCC45C)C3(C)C)OC(C(=O)NC(CCSC)C(=O)OC)C(OC(C)=O)C2OC(C)=O)C(OC(C)=O)C(OC(C)=O)C1OC(C)=O. The lowest BCUT2D eigenvalue weighted by atomic mass is 9.33. The van der Waals surface area contributed by atoms with Crippen molar-refractivity contribution >= 4 is 107 Å². The number of fused-ring (bicyclic) bond motifs is 7. The molecule has 0 spiro atoms. The van der Waals surface area contributed by atoms with Gasteiger partial charge < -0.3 is 72.8 Å². The van der Waals surface area contributed by atoms with Crippen molar-refractivity contribution < 1.29 is 114 Å². The van der Waals surface area contributed by atoms with Crippen LogP contribution < -0.4 is 16.0 Å². The van der Waals surface area contributed by atoms with Crippen LogP contribution in [0, 0.1) is 50.2 Å². The second kappa shape index (κ2) is 33.5. The van der Waals surface area contributed by atoms with Crippen molar-refractivity contribution in [3.63, 3.8) is 0 Å². The van der Waals surface area contributed by atoms with Crippen LogP contribution in [0.4, 0.5) is 0 Å². The summed E-state index contributed by atoms with van der Waals surface area (Å²) in [5.41, 5.74) is -2.68. The average Bonchev–Trinajstić information content (AvgIpc) is 0.673. The number of carbonyl (C=O) groups excluding carboxylic acids is 12. The zero-order valence-corrected chi connectivity index (χ0v) is 63.5. The minimum absolute atomic E-state index is 0.00631. The fraction of sp³-hybridized carbons (Fsp3) is 0.800. The molecule has 4 saturated carbocycles. The lowest BCUT2D eigenvalue weighted by molar-refractivity contribution is -0.370. The van der Waals surface area contributed by atoms with Crippen molar-refractivity contribution in [1.29, 1.82) is 0 Å². The molecule has 22 unspecified atom stereocenters. The van der Waals surface area contributed by atoms with Gasteiger partial charge in [-0.15, -0.1) is 0 Å². The van der Waals surface area contributed by atoms with Gasteiger partial charge in [-0.1, -0.05) is 54.0 Å². The van der Waals surface area contributed by atoms with Crippen LogP contribution in [-0.2, 0) is 114 Å². The van der Waals surface area contributed by atoms with E-state index in [1.54, 1.807) is 24.3 Å². The first-order valence-corrected chi connectivity index (χ1v) is 38.4. The molecular weight excluding hydrogens is 1360 g/mol. The molecule has 7 rings (SSSR count). The molecule has 0 aromatic rings. The van der Waals surface area contributed by atoms with Crippen LogP contribution in [0.2, 0.25) is 0 Å². The van der Waals surface area contributed by atoms with E-state index in [-0.39, 0.29) is 48.2 Å². The maximum Gasteiger partial charge on any atom is 0.328 e. The first kappa shape index (κ1) is 81.8. The van der Waals surface area contributed by atoms with Gasteiger partial charge in [0.05, 0.1) is 27.4 Å². The Morgan fingerprint density at radius 2 is 0.940 bits per heavy atom. The molecule has 562 valence electrons. The number of nitrogens with one attached hydrogen (secondary N) is 3. The molecule has 7 aliphatic rings. The Morgan fingerprint density at radius 3 is 1.39 bits per heavy atom. The molecule has 0 bridgehead atoms. The summed E-state index contributed by atoms with van der Waals surface area (Å²) in [5.74, 6) is -9.25. The van der Waals surface area contributed by atoms with Crippen molar-refractivity contribution in [2.45, 2.75) is 246 Å². The van der Waals surface area contributed by atoms with E-state index < -0.39 is 178 Å². The largest absolute Gasteiger partial charge is 0.467 e. The van der Waals surface area contributed by atoms with Crippen molar-refractivity contribution in [2.24, 2.45) is 50.2 Å². The van der Waals surface area contributed by atoms with Crippen molar-refractivity contribution in [2.75, 3.05) is 57.4 Å². The van der Waals surface area contributed by atoms with E-state index in [4.69, 9.17) is 56.8 Å². The van der Waals surface area contributed by atoms with Gasteiger partial charge in [-0.25, -0.2) is 14.4 Å². The van der Waals surface area contributed by atoms with Crippen molar-refractivity contribution in [1.82, 2.24) is 16.0 Å². The van der Waals surface area contributed by atoms with E-state index in [0.717, 1.165) is 73.7 Å². The molecule has 2 saturated heterocycles. The number of allylic oxidation sites excluding steroid dienone is 2. The van der Waals surface area contributed by atoms with Gasteiger partial charge in [0.15, 0.2) is 67.2 Å². The lowest BCUT2D eigenvalue weighted by Gasteiger charge is -2.70. The first-order chi connectivity index (χ1) is 46.9. The number of hydrogen-bond acceptors (Lipinski definition) is 27. The molecule has 22 atom stereocenters. The highest BCUT2D eigenvalue weighted by atomic mass is 32.2. The Kier molecular flexibility index (Phi) is 27.4. The molecule has 100 heavy (non-hydrogen) atoms. The highest BCUT2D eigenvalue weighted by Crippen LogP contribution is 2.75. The highest BCUT2D eigenvalue weighted by Gasteiger charge is 2.71. The minimum Gasteiger partial charge on any atom is -0.467 e. The number of esters is 8. The van der Waals surface area contributed by atoms with Crippen LogP contribution in [0.25, 0.3) is 0 Å². The Hall–Kier alpha value is -5.53. The monoisotopic (exact) mass is 1470 g/mol. The third-order valence-electron chi connectivity index (χ3n) is 22.9. The lowest BCUT2D eigenvalue weighted by Crippen LogP contribution is -2.70. The number of methoxy groups -OCH3 is 3. The summed E-state index contributed by atoms with van der Waals surface area (Å²) in [5, 5.41) is 8.28.